The predicted octanol–water partition coefficient (Wildman–Crippen LogP) is 2.92. The minimum atomic E-state index is -0.797. The van der Waals surface area contributed by atoms with Gasteiger partial charge < -0.3 is 19.8 Å². The van der Waals surface area contributed by atoms with Crippen LogP contribution in [-0.4, -0.2) is 59.8 Å². The van der Waals surface area contributed by atoms with Crippen molar-refractivity contribution in [2.24, 2.45) is 0 Å². The summed E-state index contributed by atoms with van der Waals surface area (Å²) in [6.07, 6.45) is 0.440. The van der Waals surface area contributed by atoms with Crippen molar-refractivity contribution in [1.29, 1.82) is 0 Å². The van der Waals surface area contributed by atoms with Crippen LogP contribution in [0.2, 0.25) is 0 Å². The largest absolute Gasteiger partial charge is 0.443 e. The highest BCUT2D eigenvalue weighted by atomic mass is 16.8. The summed E-state index contributed by atoms with van der Waals surface area (Å²) in [6, 6.07) is 0. The number of hydrogen-bond acceptors (Lipinski definition) is 5. The summed E-state index contributed by atoms with van der Waals surface area (Å²) in [7, 11) is 0. The van der Waals surface area contributed by atoms with Gasteiger partial charge in [-0.1, -0.05) is 13.3 Å². The third-order valence-corrected chi connectivity index (χ3v) is 3.20. The lowest BCUT2D eigenvalue weighted by Gasteiger charge is -2.27. The van der Waals surface area contributed by atoms with Gasteiger partial charge in [-0.15, -0.1) is 5.06 Å². The van der Waals surface area contributed by atoms with E-state index < -0.39 is 17.8 Å². The Labute approximate surface area is 150 Å². The summed E-state index contributed by atoms with van der Waals surface area (Å²) < 4.78 is 5.24. The third kappa shape index (κ3) is 10.5. The summed E-state index contributed by atoms with van der Waals surface area (Å²) in [6.45, 7) is 12.2. The maximum atomic E-state index is 12.2. The summed E-state index contributed by atoms with van der Waals surface area (Å²) in [4.78, 5) is 42.7. The van der Waals surface area contributed by atoms with Crippen LogP contribution in [0.1, 0.15) is 60.8 Å². The van der Waals surface area contributed by atoms with E-state index in [2.05, 4.69) is 5.32 Å². The maximum Gasteiger partial charge on any atom is 0.443 e. The molecule has 0 aromatic heterocycles. The highest BCUT2D eigenvalue weighted by Gasteiger charge is 2.27. The average molecular weight is 359 g/mol. The number of ether oxygens (including phenoxy) is 1. The zero-order chi connectivity index (χ0) is 19.5. The van der Waals surface area contributed by atoms with Gasteiger partial charge in [-0.05, 0) is 41.0 Å². The van der Waals surface area contributed by atoms with Crippen LogP contribution < -0.4 is 5.32 Å². The van der Waals surface area contributed by atoms with Gasteiger partial charge in [-0.25, -0.2) is 9.59 Å². The van der Waals surface area contributed by atoms with Crippen molar-refractivity contribution in [2.45, 2.75) is 66.4 Å². The van der Waals surface area contributed by atoms with Crippen LogP contribution >= 0.6 is 0 Å². The van der Waals surface area contributed by atoms with Crippen molar-refractivity contribution in [2.75, 3.05) is 26.2 Å². The van der Waals surface area contributed by atoms with Gasteiger partial charge >= 0.3 is 12.2 Å². The number of rotatable bonds is 8. The Morgan fingerprint density at radius 1 is 1.00 bits per heavy atom. The quantitative estimate of drug-likeness (QED) is 0.532. The van der Waals surface area contributed by atoms with E-state index in [0.717, 1.165) is 17.9 Å². The minimum absolute atomic E-state index is 0.0223. The normalized spacial score (nSPS) is 10.8. The van der Waals surface area contributed by atoms with Crippen molar-refractivity contribution in [3.8, 4) is 0 Å². The van der Waals surface area contributed by atoms with Crippen molar-refractivity contribution in [3.05, 3.63) is 0 Å². The summed E-state index contributed by atoms with van der Waals surface area (Å²) in [5.74, 6) is -0.208. The number of hydroxylamine groups is 2. The molecular formula is C17H33N3O5. The Balaban J connectivity index is 4.81. The van der Waals surface area contributed by atoms with Gasteiger partial charge in [-0.2, -0.15) is 0 Å². The smallest absolute Gasteiger partial charge is 0.442 e. The van der Waals surface area contributed by atoms with Crippen molar-refractivity contribution in [3.63, 3.8) is 0 Å². The zero-order valence-electron chi connectivity index (χ0n) is 16.4. The van der Waals surface area contributed by atoms with Crippen LogP contribution in [0.3, 0.4) is 0 Å². The van der Waals surface area contributed by atoms with E-state index in [4.69, 9.17) is 9.57 Å². The van der Waals surface area contributed by atoms with Crippen LogP contribution in [0.4, 0.5) is 9.59 Å². The third-order valence-electron chi connectivity index (χ3n) is 3.20. The molecule has 146 valence electrons. The monoisotopic (exact) mass is 359 g/mol. The number of amides is 3. The molecular weight excluding hydrogens is 326 g/mol. The summed E-state index contributed by atoms with van der Waals surface area (Å²) >= 11 is 0. The fourth-order valence-electron chi connectivity index (χ4n) is 1.82. The van der Waals surface area contributed by atoms with Gasteiger partial charge in [0.15, 0.2) is 0 Å². The Hall–Kier alpha value is -1.99. The zero-order valence-corrected chi connectivity index (χ0v) is 16.4. The molecule has 1 N–H and O–H groups in total. The van der Waals surface area contributed by atoms with Crippen LogP contribution in [0.5, 0.6) is 0 Å². The molecule has 0 radical (unpaired) electrons. The molecule has 0 aliphatic heterocycles. The number of carbonyl (C=O) groups is 3. The number of nitrogens with one attached hydrogen (secondary N) is 1. The molecule has 0 unspecified atom stereocenters. The van der Waals surface area contributed by atoms with E-state index in [1.807, 2.05) is 20.8 Å². The first kappa shape index (κ1) is 23.0. The Kier molecular flexibility index (Phi) is 10.6. The minimum Gasteiger partial charge on any atom is -0.442 e. The Bertz CT molecular complexity index is 430. The van der Waals surface area contributed by atoms with Gasteiger partial charge in [0.1, 0.15) is 5.60 Å². The molecule has 0 aliphatic rings. The Morgan fingerprint density at radius 3 is 2.08 bits per heavy atom. The van der Waals surface area contributed by atoms with Gasteiger partial charge in [0.25, 0.3) is 0 Å². The fraction of sp³-hybridized carbons (Fsp3) is 0.824. The molecule has 0 atom stereocenters. The first-order chi connectivity index (χ1) is 11.6. The second kappa shape index (κ2) is 11.5. The molecule has 0 aromatic carbocycles. The van der Waals surface area contributed by atoms with Gasteiger partial charge in [0, 0.05) is 26.1 Å². The van der Waals surface area contributed by atoms with E-state index in [-0.39, 0.29) is 18.9 Å². The van der Waals surface area contributed by atoms with E-state index >= 15 is 0 Å². The number of nitrogens with zero attached hydrogens (tertiary/aromatic N) is 2. The summed E-state index contributed by atoms with van der Waals surface area (Å²) in [5.41, 5.74) is -0.736. The van der Waals surface area contributed by atoms with E-state index in [9.17, 15) is 14.4 Å². The average Bonchev–Trinajstić information content (AvgIpc) is 2.51. The van der Waals surface area contributed by atoms with Crippen LogP contribution in [0, 0.1) is 0 Å². The highest BCUT2D eigenvalue weighted by Crippen LogP contribution is 2.11. The maximum absolute atomic E-state index is 12.2. The van der Waals surface area contributed by atoms with Crippen LogP contribution in [0.15, 0.2) is 0 Å². The molecule has 0 fully saturated rings. The molecule has 0 bridgehead atoms. The molecule has 0 rings (SSSR count). The number of carbonyl (C=O) groups excluding carboxylic acids is 3. The van der Waals surface area contributed by atoms with Crippen molar-refractivity contribution in [1.82, 2.24) is 15.3 Å². The standard InChI is InChI=1S/C17H33N3O5/c1-7-10-12-18-14(21)11-13-20(16(23)24-17(4,5)6)25-15(22)19(8-2)9-3/h7-13H2,1-6H3,(H,18,21). The highest BCUT2D eigenvalue weighted by molar-refractivity contribution is 5.77. The first-order valence-electron chi connectivity index (χ1n) is 8.88. The predicted molar refractivity (Wildman–Crippen MR) is 94.9 cm³/mol. The van der Waals surface area contributed by atoms with Gasteiger partial charge in [-0.3, -0.25) is 4.79 Å². The lowest BCUT2D eigenvalue weighted by Crippen LogP contribution is -2.43. The lowest BCUT2D eigenvalue weighted by molar-refractivity contribution is -0.128. The number of unbranched alkanes of at least 4 members (excludes halogenated alkanes) is 1. The van der Waals surface area contributed by atoms with Crippen molar-refractivity contribution >= 4 is 18.1 Å². The van der Waals surface area contributed by atoms with E-state index in [0.29, 0.717) is 19.6 Å². The molecule has 0 saturated heterocycles. The molecule has 3 amide bonds. The topological polar surface area (TPSA) is 88.2 Å². The Morgan fingerprint density at radius 2 is 1.60 bits per heavy atom. The first-order valence-corrected chi connectivity index (χ1v) is 8.88. The molecule has 0 heterocycles. The molecule has 0 aromatic rings. The second-order valence-corrected chi connectivity index (χ2v) is 6.57. The molecule has 0 spiro atoms. The van der Waals surface area contributed by atoms with Crippen LogP contribution in [0.25, 0.3) is 0 Å². The molecule has 0 aliphatic carbocycles. The van der Waals surface area contributed by atoms with E-state index in [1.165, 1.54) is 4.90 Å². The SMILES string of the molecule is CCCCNC(=O)CCN(OC(=O)N(CC)CC)C(=O)OC(C)(C)C. The number of hydrogen-bond donors (Lipinski definition) is 1. The molecule has 0 saturated carbocycles. The second-order valence-electron chi connectivity index (χ2n) is 6.57. The molecule has 25 heavy (non-hydrogen) atoms. The summed E-state index contributed by atoms with van der Waals surface area (Å²) in [5, 5.41) is 3.57. The van der Waals surface area contributed by atoms with Gasteiger partial charge in [0.2, 0.25) is 5.91 Å². The van der Waals surface area contributed by atoms with Gasteiger partial charge in [0.05, 0.1) is 6.54 Å². The van der Waals surface area contributed by atoms with Crippen LogP contribution in [-0.2, 0) is 14.4 Å². The lowest BCUT2D eigenvalue weighted by atomic mass is 10.2. The molecule has 8 heteroatoms. The van der Waals surface area contributed by atoms with E-state index in [1.54, 1.807) is 20.8 Å². The molecule has 8 nitrogen and oxygen atoms in total. The van der Waals surface area contributed by atoms with Crippen molar-refractivity contribution < 1.29 is 24.0 Å². The fourth-order valence-corrected chi connectivity index (χ4v) is 1.82.